The zero-order valence-electron chi connectivity index (χ0n) is 49.3. The summed E-state index contributed by atoms with van der Waals surface area (Å²) in [5.74, 6) is -16.7. The lowest BCUT2D eigenvalue weighted by atomic mass is 10.0. The predicted molar refractivity (Wildman–Crippen MR) is 321 cm³/mol. The fraction of sp³-hybridized carbons (Fsp3) is 0.640. The van der Waals surface area contributed by atoms with Gasteiger partial charge in [0.15, 0.2) is 5.96 Å². The van der Waals surface area contributed by atoms with Gasteiger partial charge in [-0.05, 0) is 84.7 Å². The number of imidazole rings is 1. The quantitative estimate of drug-likeness (QED) is 0.0209. The lowest BCUT2D eigenvalue weighted by molar-refractivity contribution is -0.142. The number of guanidine groups is 1. The average molecular weight is 1300 g/mol. The van der Waals surface area contributed by atoms with Crippen molar-refractivity contribution in [2.45, 2.75) is 170 Å². The van der Waals surface area contributed by atoms with Gasteiger partial charge in [-0.25, -0.2) is 4.98 Å². The Labute approximate surface area is 519 Å². The molecule has 1 aromatic rings. The molecule has 0 saturated carbocycles. The van der Waals surface area contributed by atoms with E-state index in [1.807, 2.05) is 0 Å². The first-order valence-electron chi connectivity index (χ1n) is 28.2. The van der Waals surface area contributed by atoms with E-state index in [1.54, 1.807) is 0 Å². The Bertz CT molecular complexity index is 2630. The average Bonchev–Trinajstić information content (AvgIpc) is 3.87. The number of aliphatic imine (C=N–C) groups is 1. The number of aliphatic carboxylic acids is 1. The van der Waals surface area contributed by atoms with Crippen molar-refractivity contribution in [1.82, 2.24) is 63.1 Å². The van der Waals surface area contributed by atoms with Gasteiger partial charge in [-0.15, -0.1) is 0 Å². The molecule has 2 rings (SSSR count). The number of primary amides is 3. The van der Waals surface area contributed by atoms with Crippen LogP contribution < -0.4 is 99.0 Å². The second-order valence-corrected chi connectivity index (χ2v) is 23.1. The van der Waals surface area contributed by atoms with Crippen molar-refractivity contribution in [3.63, 3.8) is 0 Å². The van der Waals surface area contributed by atoms with E-state index in [0.29, 0.717) is 12.8 Å². The van der Waals surface area contributed by atoms with Crippen LogP contribution in [0.1, 0.15) is 96.6 Å². The minimum absolute atomic E-state index is 0.0448. The molecule has 2 heterocycles. The number of carbonyl (C=O) groups excluding carboxylic acids is 13. The highest BCUT2D eigenvalue weighted by atomic mass is 33.1. The Kier molecular flexibility index (Phi) is 34.6. The third-order valence-electron chi connectivity index (χ3n) is 13.1. The van der Waals surface area contributed by atoms with E-state index in [4.69, 9.17) is 45.9 Å². The molecule has 29 N–H and O–H groups in total. The molecule has 0 aliphatic carbocycles. The molecular formula is C50H85N21O16S2. The number of hydrogen-bond acceptors (Lipinski definition) is 22. The number of carboxylic acid groups (broad SMARTS) is 1. The van der Waals surface area contributed by atoms with Crippen LogP contribution in [0, 0.1) is 0 Å². The smallest absolute Gasteiger partial charge is 0.305 e. The van der Waals surface area contributed by atoms with Crippen LogP contribution in [0.3, 0.4) is 0 Å². The molecule has 37 nitrogen and oxygen atoms in total. The maximum Gasteiger partial charge on any atom is 0.305 e. The molecule has 0 radical (unpaired) electrons. The fourth-order valence-electron chi connectivity index (χ4n) is 8.22. The van der Waals surface area contributed by atoms with Crippen molar-refractivity contribution in [3.05, 3.63) is 18.2 Å². The first kappa shape index (κ1) is 76.7. The Morgan fingerprint density at radius 3 is 1.53 bits per heavy atom. The molecule has 498 valence electrons. The van der Waals surface area contributed by atoms with Crippen molar-refractivity contribution >= 4 is 110 Å². The van der Waals surface area contributed by atoms with Crippen molar-refractivity contribution in [2.75, 3.05) is 31.1 Å². The summed E-state index contributed by atoms with van der Waals surface area (Å²) >= 11 is 0. The van der Waals surface area contributed by atoms with Crippen molar-refractivity contribution in [2.24, 2.45) is 50.9 Å². The number of amides is 13. The highest BCUT2D eigenvalue weighted by Crippen LogP contribution is 2.23. The van der Waals surface area contributed by atoms with Crippen LogP contribution in [0.25, 0.3) is 0 Å². The van der Waals surface area contributed by atoms with Crippen LogP contribution >= 0.6 is 21.6 Å². The molecule has 0 spiro atoms. The minimum atomic E-state index is -2.07. The van der Waals surface area contributed by atoms with E-state index in [1.165, 1.54) is 12.5 Å². The number of nitrogens with two attached hydrogens (primary N) is 8. The number of nitrogens with zero attached hydrogens (tertiary/aromatic N) is 2. The standard InChI is InChI=1S/C50H85N21O16S2/c1-23-40(78)63-30(11-12-35(54)73)45(83)70-34(39(56)77)21-89-88-20-26(53)41(79)71-38(24(2)72)49(87)66-29(10-7-15-60-50(57)58)43(81)64-27(8-3-5-13-51)42(80)65-28(9-4-6-14-52)44(82)67-31(16-25-19-59-22-61-25)47(85)69-33(18-37(75)76)48(86)68-32(17-36(55)74)46(84)62-23/h19,22-24,26-34,38,72H,3-18,20-21,51-53H2,1-2H3,(H2,54,73)(H2,55,74)(H2,56,77)(H,59,61)(H,62,84)(H,63,78)(H,64,81)(H,65,80)(H,66,87)(H,67,82)(H,68,86)(H,69,85)(H,70,83)(H,71,79)(H,75,76)(H4,57,58,60)/t23-,24+,26-,27-,28?,29?,30?,31-,32-,33-,34-,38-/m0/s1. The molecule has 39 heteroatoms. The van der Waals surface area contributed by atoms with Crippen molar-refractivity contribution in [3.8, 4) is 0 Å². The molecule has 0 bridgehead atoms. The third kappa shape index (κ3) is 29.4. The molecule has 12 atom stereocenters. The molecule has 1 aromatic heterocycles. The van der Waals surface area contributed by atoms with E-state index < -0.39 is 187 Å². The number of carbonyl (C=O) groups is 14. The Morgan fingerprint density at radius 1 is 0.573 bits per heavy atom. The van der Waals surface area contributed by atoms with Gasteiger partial charge in [0.25, 0.3) is 0 Å². The van der Waals surface area contributed by atoms with Crippen molar-refractivity contribution < 1.29 is 77.3 Å². The van der Waals surface area contributed by atoms with E-state index in [0.717, 1.165) is 35.4 Å². The summed E-state index contributed by atoms with van der Waals surface area (Å²) in [6.45, 7) is 2.53. The second kappa shape index (κ2) is 40.2. The molecule has 13 amide bonds. The van der Waals surface area contributed by atoms with Gasteiger partial charge in [-0.3, -0.25) is 72.1 Å². The summed E-state index contributed by atoms with van der Waals surface area (Å²) in [5, 5.41) is 44.5. The normalized spacial score (nSPS) is 25.3. The molecule has 1 saturated heterocycles. The van der Waals surface area contributed by atoms with Crippen molar-refractivity contribution in [1.29, 1.82) is 0 Å². The van der Waals surface area contributed by atoms with Gasteiger partial charge in [-0.2, -0.15) is 0 Å². The summed E-state index contributed by atoms with van der Waals surface area (Å²) in [5.41, 5.74) is 45.2. The number of aromatic nitrogens is 2. The largest absolute Gasteiger partial charge is 0.481 e. The van der Waals surface area contributed by atoms with Crippen LogP contribution in [-0.4, -0.2) is 213 Å². The van der Waals surface area contributed by atoms with Gasteiger partial charge < -0.3 is 114 Å². The van der Waals surface area contributed by atoms with Gasteiger partial charge in [0, 0.05) is 42.8 Å². The van der Waals surface area contributed by atoms with Gasteiger partial charge in [-0.1, -0.05) is 21.6 Å². The van der Waals surface area contributed by atoms with E-state index >= 15 is 0 Å². The predicted octanol–water partition coefficient (Wildman–Crippen LogP) is -9.66. The Hall–Kier alpha value is -8.40. The minimum Gasteiger partial charge on any atom is -0.481 e. The van der Waals surface area contributed by atoms with E-state index in [2.05, 4.69) is 68.1 Å². The summed E-state index contributed by atoms with van der Waals surface area (Å²) in [4.78, 5) is 199. The number of aromatic amines is 1. The summed E-state index contributed by atoms with van der Waals surface area (Å²) < 4.78 is 0. The first-order chi connectivity index (χ1) is 42.0. The van der Waals surface area contributed by atoms with Gasteiger partial charge in [0.05, 0.1) is 31.3 Å². The molecule has 0 aromatic carbocycles. The van der Waals surface area contributed by atoms with E-state index in [9.17, 15) is 77.3 Å². The molecular weight excluding hydrogens is 1210 g/mol. The zero-order chi connectivity index (χ0) is 66.9. The monoisotopic (exact) mass is 1300 g/mol. The number of rotatable bonds is 23. The van der Waals surface area contributed by atoms with E-state index in [-0.39, 0.29) is 81.3 Å². The summed E-state index contributed by atoms with van der Waals surface area (Å²) in [6.07, 6.45) is -1.87. The lowest BCUT2D eigenvalue weighted by Gasteiger charge is -2.28. The highest BCUT2D eigenvalue weighted by molar-refractivity contribution is 8.76. The number of unbranched alkanes of at least 4 members (excludes halogenated alkanes) is 2. The maximum atomic E-state index is 14.5. The van der Waals surface area contributed by atoms with Gasteiger partial charge in [0.1, 0.15) is 60.4 Å². The Morgan fingerprint density at radius 2 is 1.03 bits per heavy atom. The summed E-state index contributed by atoms with van der Waals surface area (Å²) in [7, 11) is 1.80. The number of H-pyrrole nitrogens is 1. The van der Waals surface area contributed by atoms with Crippen LogP contribution in [0.4, 0.5) is 0 Å². The second-order valence-electron chi connectivity index (χ2n) is 20.6. The zero-order valence-corrected chi connectivity index (χ0v) is 50.9. The molecule has 1 aliphatic rings. The number of nitrogens with one attached hydrogen (secondary N) is 11. The number of aliphatic hydroxyl groups excluding tert-OH is 1. The molecule has 1 fully saturated rings. The molecule has 89 heavy (non-hydrogen) atoms. The van der Waals surface area contributed by atoms with Crippen LogP contribution in [-0.2, 0) is 73.5 Å². The van der Waals surface area contributed by atoms with Crippen LogP contribution in [0.15, 0.2) is 17.5 Å². The number of aliphatic hydroxyl groups is 1. The Balaban J connectivity index is 2.82. The number of hydrogen-bond donors (Lipinski definition) is 21. The number of carboxylic acids is 1. The molecule has 3 unspecified atom stereocenters. The third-order valence-corrected chi connectivity index (χ3v) is 15.5. The summed E-state index contributed by atoms with van der Waals surface area (Å²) in [6, 6.07) is -18.1. The lowest BCUT2D eigenvalue weighted by Crippen LogP contribution is -2.61. The fourth-order valence-corrected chi connectivity index (χ4v) is 10.5. The SMILES string of the molecule is C[C@@H]1NC(=O)[C@H](CC(N)=O)NC(=O)[C@H](CC(=O)O)NC(=O)[C@H](Cc2cnc[nH]2)NC(=O)C(CCCCN)NC(=O)[C@H](CCCCN)NC(=O)C(CCCN=C(N)N)NC(=O)[C@H]([C@@H](C)O)NC(=O)[C@@H](N)CSSC[C@@H](C(N)=O)NC(=O)C(CCC(N)=O)NC1=O. The van der Waals surface area contributed by atoms with Gasteiger partial charge >= 0.3 is 5.97 Å². The maximum absolute atomic E-state index is 14.5. The first-order valence-corrected chi connectivity index (χ1v) is 30.7. The topological polar surface area (TPSA) is 649 Å². The molecule has 1 aliphatic heterocycles. The highest BCUT2D eigenvalue weighted by Gasteiger charge is 2.37. The van der Waals surface area contributed by atoms with Crippen LogP contribution in [0.5, 0.6) is 0 Å². The van der Waals surface area contributed by atoms with Crippen LogP contribution in [0.2, 0.25) is 0 Å². The van der Waals surface area contributed by atoms with Gasteiger partial charge in [0.2, 0.25) is 76.8 Å².